The lowest BCUT2D eigenvalue weighted by Crippen LogP contribution is -2.18. The highest BCUT2D eigenvalue weighted by Crippen LogP contribution is 2.21. The Morgan fingerprint density at radius 2 is 2.35 bits per heavy atom. The van der Waals surface area contributed by atoms with Gasteiger partial charge in [-0.1, -0.05) is 13.8 Å². The molecule has 1 unspecified atom stereocenters. The number of aromatic nitrogens is 2. The minimum Gasteiger partial charge on any atom is -0.330 e. The van der Waals surface area contributed by atoms with Crippen molar-refractivity contribution in [3.63, 3.8) is 0 Å². The van der Waals surface area contributed by atoms with E-state index in [-0.39, 0.29) is 11.7 Å². The summed E-state index contributed by atoms with van der Waals surface area (Å²) in [7, 11) is 0. The Morgan fingerprint density at radius 1 is 1.65 bits per heavy atom. The average Bonchev–Trinajstić information content (AvgIpc) is 2.67. The van der Waals surface area contributed by atoms with Crippen LogP contribution in [0.25, 0.3) is 0 Å². The van der Waals surface area contributed by atoms with Crippen LogP contribution in [0, 0.1) is 5.92 Å². The molecule has 0 aliphatic rings. The van der Waals surface area contributed by atoms with Crippen molar-refractivity contribution in [2.24, 2.45) is 11.7 Å². The SMILES string of the molecule is CCCn1ncc(Br)c1C(=O)C(C)CCCN. The molecule has 0 aromatic carbocycles. The average molecular weight is 302 g/mol. The molecule has 1 heterocycles. The first-order valence-electron chi connectivity index (χ1n) is 6.07. The Bertz CT molecular complexity index is 376. The van der Waals surface area contributed by atoms with Gasteiger partial charge < -0.3 is 5.73 Å². The van der Waals surface area contributed by atoms with E-state index in [0.29, 0.717) is 12.2 Å². The molecular formula is C12H20BrN3O. The molecule has 0 spiro atoms. The lowest BCUT2D eigenvalue weighted by molar-refractivity contribution is 0.0911. The van der Waals surface area contributed by atoms with E-state index in [4.69, 9.17) is 5.73 Å². The summed E-state index contributed by atoms with van der Waals surface area (Å²) in [4.78, 5) is 12.3. The van der Waals surface area contributed by atoms with Crippen LogP contribution in [-0.4, -0.2) is 22.1 Å². The molecule has 0 amide bonds. The van der Waals surface area contributed by atoms with Crippen molar-refractivity contribution in [3.05, 3.63) is 16.4 Å². The fourth-order valence-corrected chi connectivity index (χ4v) is 2.27. The molecule has 1 aromatic rings. The van der Waals surface area contributed by atoms with Crippen molar-refractivity contribution in [2.75, 3.05) is 6.54 Å². The maximum Gasteiger partial charge on any atom is 0.184 e. The summed E-state index contributed by atoms with van der Waals surface area (Å²) < 4.78 is 2.57. The van der Waals surface area contributed by atoms with E-state index in [1.807, 2.05) is 6.92 Å². The normalized spacial score (nSPS) is 12.7. The first-order valence-corrected chi connectivity index (χ1v) is 6.86. The van der Waals surface area contributed by atoms with E-state index in [9.17, 15) is 4.79 Å². The molecule has 0 radical (unpaired) electrons. The fourth-order valence-electron chi connectivity index (χ4n) is 1.78. The van der Waals surface area contributed by atoms with E-state index < -0.39 is 0 Å². The van der Waals surface area contributed by atoms with Crippen molar-refractivity contribution >= 4 is 21.7 Å². The van der Waals surface area contributed by atoms with Crippen LogP contribution >= 0.6 is 15.9 Å². The Balaban J connectivity index is 2.83. The number of ketones is 1. The minimum absolute atomic E-state index is 0.00200. The van der Waals surface area contributed by atoms with Crippen molar-refractivity contribution in [1.82, 2.24) is 9.78 Å². The van der Waals surface area contributed by atoms with Crippen LogP contribution in [0.5, 0.6) is 0 Å². The van der Waals surface area contributed by atoms with Gasteiger partial charge in [0.2, 0.25) is 0 Å². The van der Waals surface area contributed by atoms with Gasteiger partial charge in [-0.3, -0.25) is 9.48 Å². The second kappa shape index (κ2) is 6.91. The summed E-state index contributed by atoms with van der Waals surface area (Å²) >= 11 is 3.40. The first-order chi connectivity index (χ1) is 8.11. The van der Waals surface area contributed by atoms with Crippen LogP contribution in [0.15, 0.2) is 10.7 Å². The molecule has 17 heavy (non-hydrogen) atoms. The largest absolute Gasteiger partial charge is 0.330 e. The topological polar surface area (TPSA) is 60.9 Å². The number of nitrogens with two attached hydrogens (primary N) is 1. The third-order valence-corrected chi connectivity index (χ3v) is 3.33. The molecule has 0 bridgehead atoms. The molecule has 0 saturated carbocycles. The molecule has 0 aliphatic carbocycles. The van der Waals surface area contributed by atoms with Gasteiger partial charge >= 0.3 is 0 Å². The number of hydrogen-bond acceptors (Lipinski definition) is 3. The number of Topliss-reactive ketones (excluding diaryl/α,β-unsaturated/α-hetero) is 1. The fraction of sp³-hybridized carbons (Fsp3) is 0.667. The number of carbonyl (C=O) groups excluding carboxylic acids is 1. The van der Waals surface area contributed by atoms with Crippen molar-refractivity contribution in [3.8, 4) is 0 Å². The van der Waals surface area contributed by atoms with E-state index in [1.165, 1.54) is 0 Å². The molecule has 1 atom stereocenters. The van der Waals surface area contributed by atoms with E-state index in [2.05, 4.69) is 28.0 Å². The zero-order valence-electron chi connectivity index (χ0n) is 10.4. The number of aryl methyl sites for hydroxylation is 1. The smallest absolute Gasteiger partial charge is 0.184 e. The zero-order chi connectivity index (χ0) is 12.8. The second-order valence-electron chi connectivity index (χ2n) is 4.26. The number of rotatable bonds is 7. The standard InChI is InChI=1S/C12H20BrN3O/c1-3-7-16-11(10(13)8-15-16)12(17)9(2)5-4-6-14/h8-9H,3-7,14H2,1-2H3. The van der Waals surface area contributed by atoms with Gasteiger partial charge in [0, 0.05) is 12.5 Å². The van der Waals surface area contributed by atoms with Gasteiger partial charge in [-0.2, -0.15) is 5.10 Å². The number of nitrogens with zero attached hydrogens (tertiary/aromatic N) is 2. The van der Waals surface area contributed by atoms with E-state index in [1.54, 1.807) is 10.9 Å². The minimum atomic E-state index is 0.00200. The molecule has 2 N–H and O–H groups in total. The van der Waals surface area contributed by atoms with Gasteiger partial charge in [-0.05, 0) is 41.7 Å². The highest BCUT2D eigenvalue weighted by atomic mass is 79.9. The molecule has 0 fully saturated rings. The summed E-state index contributed by atoms with van der Waals surface area (Å²) in [6, 6.07) is 0. The number of carbonyl (C=O) groups is 1. The van der Waals surface area contributed by atoms with Crippen LogP contribution in [0.4, 0.5) is 0 Å². The Labute approximate surface area is 111 Å². The highest BCUT2D eigenvalue weighted by molar-refractivity contribution is 9.10. The van der Waals surface area contributed by atoms with Gasteiger partial charge in [-0.15, -0.1) is 0 Å². The first kappa shape index (κ1) is 14.4. The lowest BCUT2D eigenvalue weighted by Gasteiger charge is -2.11. The molecular weight excluding hydrogens is 282 g/mol. The predicted molar refractivity (Wildman–Crippen MR) is 72.0 cm³/mol. The van der Waals surface area contributed by atoms with Crippen LogP contribution in [0.3, 0.4) is 0 Å². The summed E-state index contributed by atoms with van der Waals surface area (Å²) in [5.41, 5.74) is 6.16. The van der Waals surface area contributed by atoms with Crippen molar-refractivity contribution in [2.45, 2.75) is 39.7 Å². The monoisotopic (exact) mass is 301 g/mol. The van der Waals surface area contributed by atoms with Gasteiger partial charge in [-0.25, -0.2) is 0 Å². The Kier molecular flexibility index (Phi) is 5.85. The van der Waals surface area contributed by atoms with Crippen LogP contribution in [0.2, 0.25) is 0 Å². The molecule has 5 heteroatoms. The second-order valence-corrected chi connectivity index (χ2v) is 5.11. The Morgan fingerprint density at radius 3 is 2.94 bits per heavy atom. The maximum absolute atomic E-state index is 12.3. The van der Waals surface area contributed by atoms with Gasteiger partial charge in [0.1, 0.15) is 5.69 Å². The molecule has 0 aliphatic heterocycles. The van der Waals surface area contributed by atoms with Gasteiger partial charge in [0.05, 0.1) is 10.7 Å². The summed E-state index contributed by atoms with van der Waals surface area (Å²) in [6.45, 7) is 5.43. The molecule has 1 rings (SSSR count). The number of hydrogen-bond donors (Lipinski definition) is 1. The molecule has 1 aromatic heterocycles. The molecule has 96 valence electrons. The highest BCUT2D eigenvalue weighted by Gasteiger charge is 2.21. The zero-order valence-corrected chi connectivity index (χ0v) is 12.0. The molecule has 4 nitrogen and oxygen atoms in total. The predicted octanol–water partition coefficient (Wildman–Crippen LogP) is 2.61. The summed E-state index contributed by atoms with van der Waals surface area (Å²) in [5, 5.41) is 4.21. The van der Waals surface area contributed by atoms with Crippen LogP contribution < -0.4 is 5.73 Å². The van der Waals surface area contributed by atoms with Gasteiger partial charge in [0.15, 0.2) is 5.78 Å². The third kappa shape index (κ3) is 3.64. The third-order valence-electron chi connectivity index (χ3n) is 2.75. The van der Waals surface area contributed by atoms with Crippen LogP contribution in [0.1, 0.15) is 43.6 Å². The number of halogens is 1. The van der Waals surface area contributed by atoms with E-state index in [0.717, 1.165) is 30.3 Å². The van der Waals surface area contributed by atoms with Gasteiger partial charge in [0.25, 0.3) is 0 Å². The quantitative estimate of drug-likeness (QED) is 0.788. The Hall–Kier alpha value is -0.680. The molecule has 0 saturated heterocycles. The van der Waals surface area contributed by atoms with Crippen LogP contribution in [-0.2, 0) is 6.54 Å². The van der Waals surface area contributed by atoms with Crippen molar-refractivity contribution in [1.29, 1.82) is 0 Å². The van der Waals surface area contributed by atoms with Crippen molar-refractivity contribution < 1.29 is 4.79 Å². The summed E-state index contributed by atoms with van der Waals surface area (Å²) in [6.07, 6.45) is 4.37. The van der Waals surface area contributed by atoms with E-state index >= 15 is 0 Å². The lowest BCUT2D eigenvalue weighted by atomic mass is 9.98. The maximum atomic E-state index is 12.3. The summed E-state index contributed by atoms with van der Waals surface area (Å²) in [5.74, 6) is 0.151.